The Bertz CT molecular complexity index is 1820. The van der Waals surface area contributed by atoms with Crippen molar-refractivity contribution in [3.05, 3.63) is 62.8 Å². The molecular weight excluding hydrogens is 590 g/mol. The van der Waals surface area contributed by atoms with Crippen LogP contribution in [0.5, 0.6) is 0 Å². The highest BCUT2D eigenvalue weighted by molar-refractivity contribution is 7.92. The van der Waals surface area contributed by atoms with E-state index in [1.807, 2.05) is 44.7 Å². The first-order chi connectivity index (χ1) is 20.6. The fourth-order valence-corrected chi connectivity index (χ4v) is 5.79. The molecule has 0 bridgehead atoms. The van der Waals surface area contributed by atoms with Gasteiger partial charge in [-0.05, 0) is 52.7 Å². The van der Waals surface area contributed by atoms with Crippen LogP contribution in [0.25, 0.3) is 11.2 Å². The molecule has 0 radical (unpaired) electrons. The van der Waals surface area contributed by atoms with Crippen LogP contribution in [0.15, 0.2) is 46.0 Å². The van der Waals surface area contributed by atoms with E-state index in [2.05, 4.69) is 4.72 Å². The van der Waals surface area contributed by atoms with Crippen molar-refractivity contribution in [2.45, 2.75) is 65.3 Å². The first kappa shape index (κ1) is 32.7. The van der Waals surface area contributed by atoms with Gasteiger partial charge in [-0.25, -0.2) is 18.3 Å². The fraction of sp³-hybridized carbons (Fsp3) is 0.483. The monoisotopic (exact) mass is 629 g/mol. The van der Waals surface area contributed by atoms with Crippen molar-refractivity contribution in [3.8, 4) is 0 Å². The van der Waals surface area contributed by atoms with Gasteiger partial charge in [0.15, 0.2) is 16.9 Å². The van der Waals surface area contributed by atoms with E-state index in [0.717, 1.165) is 17.2 Å². The van der Waals surface area contributed by atoms with Crippen LogP contribution in [0, 0.1) is 0 Å². The number of imidazole rings is 1. The molecule has 14 nitrogen and oxygen atoms in total. The standard InChI is InChI=1S/C29H39N7O7S/c1-7-8-16-34-24-25(30-27(34)33-15-11-12-20(17-33)36(19-37)43-29(2,3)4)32(5)28(40)35(26(24)39)18-23(38)21-13-9-10-14-22(21)31-44(6,41)42/h7-10,13-14,19-20,31H,11-12,15-18H2,1-6H3/b8-7+/t20-/m0/s1. The minimum absolute atomic E-state index is 0.0201. The Hall–Kier alpha value is -4.24. The Morgan fingerprint density at radius 2 is 1.91 bits per heavy atom. The molecule has 1 aromatic carbocycles. The predicted octanol–water partition coefficient (Wildman–Crippen LogP) is 1.88. The van der Waals surface area contributed by atoms with Crippen molar-refractivity contribution in [3.63, 3.8) is 0 Å². The molecule has 238 valence electrons. The molecule has 0 saturated carbocycles. The summed E-state index contributed by atoms with van der Waals surface area (Å²) in [6.45, 7) is 8.06. The number of anilines is 2. The van der Waals surface area contributed by atoms with Crippen LogP contribution in [0.2, 0.25) is 0 Å². The molecule has 3 aromatic rings. The third kappa shape index (κ3) is 7.10. The Balaban J connectivity index is 1.79. The number of para-hydroxylation sites is 1. The lowest BCUT2D eigenvalue weighted by atomic mass is 10.1. The Labute approximate surface area is 255 Å². The van der Waals surface area contributed by atoms with E-state index in [-0.39, 0.29) is 35.0 Å². The normalized spacial score (nSPS) is 16.0. The van der Waals surface area contributed by atoms with Gasteiger partial charge in [0, 0.05) is 32.2 Å². The Morgan fingerprint density at radius 1 is 1.20 bits per heavy atom. The molecule has 1 N–H and O–H groups in total. The summed E-state index contributed by atoms with van der Waals surface area (Å²) in [6.07, 6.45) is 6.75. The van der Waals surface area contributed by atoms with Crippen LogP contribution in [-0.2, 0) is 39.8 Å². The number of Topliss-reactive ketones (excluding diaryl/α,β-unsaturated/α-hetero) is 1. The van der Waals surface area contributed by atoms with Gasteiger partial charge in [0.25, 0.3) is 5.56 Å². The molecule has 0 spiro atoms. The molecular formula is C29H39N7O7S. The number of amides is 1. The lowest BCUT2D eigenvalue weighted by Crippen LogP contribution is -2.50. The molecule has 0 aliphatic carbocycles. The summed E-state index contributed by atoms with van der Waals surface area (Å²) in [6, 6.07) is 5.72. The van der Waals surface area contributed by atoms with E-state index in [1.54, 1.807) is 16.7 Å². The zero-order chi connectivity index (χ0) is 32.4. The molecule has 1 fully saturated rings. The van der Waals surface area contributed by atoms with Gasteiger partial charge in [0.1, 0.15) is 0 Å². The highest BCUT2D eigenvalue weighted by Crippen LogP contribution is 2.26. The Morgan fingerprint density at radius 3 is 2.55 bits per heavy atom. The number of hydrogen-bond acceptors (Lipinski definition) is 9. The largest absolute Gasteiger partial charge is 0.340 e. The first-order valence-corrected chi connectivity index (χ1v) is 16.1. The number of hydroxylamine groups is 2. The number of nitrogens with zero attached hydrogens (tertiary/aromatic N) is 6. The van der Waals surface area contributed by atoms with Crippen LogP contribution in [0.4, 0.5) is 11.6 Å². The summed E-state index contributed by atoms with van der Waals surface area (Å²) >= 11 is 0. The maximum absolute atomic E-state index is 13.9. The summed E-state index contributed by atoms with van der Waals surface area (Å²) in [7, 11) is -2.21. The summed E-state index contributed by atoms with van der Waals surface area (Å²) in [5.74, 6) is -0.176. The number of piperidine rings is 1. The molecule has 3 heterocycles. The quantitative estimate of drug-likeness (QED) is 0.145. The minimum atomic E-state index is -3.69. The third-order valence-electron chi connectivity index (χ3n) is 7.08. The molecule has 1 amide bonds. The van der Waals surface area contributed by atoms with Crippen LogP contribution < -0.4 is 20.9 Å². The van der Waals surface area contributed by atoms with Crippen molar-refractivity contribution in [1.29, 1.82) is 0 Å². The van der Waals surface area contributed by atoms with Gasteiger partial charge in [-0.15, -0.1) is 0 Å². The van der Waals surface area contributed by atoms with Crippen molar-refractivity contribution >= 4 is 45.0 Å². The van der Waals surface area contributed by atoms with Gasteiger partial charge in [-0.1, -0.05) is 24.3 Å². The highest BCUT2D eigenvalue weighted by Gasteiger charge is 2.32. The maximum Gasteiger partial charge on any atom is 0.332 e. The smallest absolute Gasteiger partial charge is 0.332 e. The number of hydrogen-bond donors (Lipinski definition) is 1. The number of nitrogens with one attached hydrogen (secondary N) is 1. The van der Waals surface area contributed by atoms with E-state index < -0.39 is 39.2 Å². The van der Waals surface area contributed by atoms with Gasteiger partial charge in [0.05, 0.1) is 30.1 Å². The topological polar surface area (TPSA) is 158 Å². The molecule has 1 atom stereocenters. The van der Waals surface area contributed by atoms with E-state index in [1.165, 1.54) is 28.8 Å². The van der Waals surface area contributed by atoms with Crippen LogP contribution in [0.3, 0.4) is 0 Å². The van der Waals surface area contributed by atoms with Crippen molar-refractivity contribution in [2.75, 3.05) is 29.0 Å². The second-order valence-corrected chi connectivity index (χ2v) is 13.5. The average molecular weight is 630 g/mol. The molecule has 2 aromatic heterocycles. The zero-order valence-corrected chi connectivity index (χ0v) is 26.6. The molecule has 15 heteroatoms. The number of sulfonamides is 1. The summed E-state index contributed by atoms with van der Waals surface area (Å²) in [5, 5.41) is 1.33. The lowest BCUT2D eigenvalue weighted by molar-refractivity contribution is -0.232. The number of ketones is 1. The number of aryl methyl sites for hydroxylation is 1. The van der Waals surface area contributed by atoms with Crippen molar-refractivity contribution in [2.24, 2.45) is 7.05 Å². The number of benzene rings is 1. The third-order valence-corrected chi connectivity index (χ3v) is 7.67. The molecule has 4 rings (SSSR count). The van der Waals surface area contributed by atoms with Gasteiger partial charge in [0.2, 0.25) is 22.4 Å². The Kier molecular flexibility index (Phi) is 9.49. The number of rotatable bonds is 11. The number of carbonyl (C=O) groups excluding carboxylic acids is 2. The second-order valence-electron chi connectivity index (χ2n) is 11.8. The van der Waals surface area contributed by atoms with Gasteiger partial charge in [-0.3, -0.25) is 33.1 Å². The predicted molar refractivity (Wildman–Crippen MR) is 167 cm³/mol. The fourth-order valence-electron chi connectivity index (χ4n) is 5.21. The van der Waals surface area contributed by atoms with E-state index >= 15 is 0 Å². The number of aromatic nitrogens is 4. The average Bonchev–Trinajstić information content (AvgIpc) is 3.34. The van der Waals surface area contributed by atoms with Crippen LogP contribution in [-0.4, -0.2) is 75.3 Å². The van der Waals surface area contributed by atoms with Gasteiger partial charge in [-0.2, -0.15) is 4.98 Å². The summed E-state index contributed by atoms with van der Waals surface area (Å²) < 4.78 is 29.8. The zero-order valence-electron chi connectivity index (χ0n) is 25.8. The number of fused-ring (bicyclic) bond motifs is 1. The lowest BCUT2D eigenvalue weighted by Gasteiger charge is -2.39. The summed E-state index contributed by atoms with van der Waals surface area (Å²) in [5.41, 5.74) is -1.66. The molecule has 1 aliphatic heterocycles. The SMILES string of the molecule is C/C=C/Cn1c(N2CCC[C@H](N(C=O)OC(C)(C)C)C2)nc2c1c(=O)n(CC(=O)c1ccccc1NS(C)(=O)=O)c(=O)n2C. The number of allylic oxidation sites excluding steroid dienone is 2. The number of carbonyl (C=O) groups is 2. The van der Waals surface area contributed by atoms with Gasteiger partial charge < -0.3 is 9.47 Å². The van der Waals surface area contributed by atoms with Crippen LogP contribution >= 0.6 is 0 Å². The summed E-state index contributed by atoms with van der Waals surface area (Å²) in [4.78, 5) is 65.3. The van der Waals surface area contributed by atoms with E-state index in [4.69, 9.17) is 9.82 Å². The molecule has 44 heavy (non-hydrogen) atoms. The van der Waals surface area contributed by atoms with E-state index in [0.29, 0.717) is 31.9 Å². The highest BCUT2D eigenvalue weighted by atomic mass is 32.2. The maximum atomic E-state index is 13.9. The molecule has 1 saturated heterocycles. The first-order valence-electron chi connectivity index (χ1n) is 14.2. The van der Waals surface area contributed by atoms with Crippen LogP contribution in [0.1, 0.15) is 50.9 Å². The van der Waals surface area contributed by atoms with Crippen molar-refractivity contribution < 1.29 is 22.8 Å². The van der Waals surface area contributed by atoms with Crippen molar-refractivity contribution in [1.82, 2.24) is 23.7 Å². The van der Waals surface area contributed by atoms with Gasteiger partial charge >= 0.3 is 5.69 Å². The molecule has 0 unspecified atom stereocenters. The van der Waals surface area contributed by atoms with E-state index in [9.17, 15) is 27.6 Å². The second kappa shape index (κ2) is 12.8. The molecule has 1 aliphatic rings. The minimum Gasteiger partial charge on any atom is -0.340 e.